The molecular weight excluding hydrogens is 344 g/mol. The average molecular weight is 369 g/mol. The van der Waals surface area contributed by atoms with E-state index in [0.29, 0.717) is 17.3 Å². The van der Waals surface area contributed by atoms with E-state index in [1.165, 1.54) is 11.3 Å². The Hall–Kier alpha value is -1.51. The molecule has 2 N–H and O–H groups in total. The van der Waals surface area contributed by atoms with Gasteiger partial charge in [0.25, 0.3) is 0 Å². The fourth-order valence-corrected chi connectivity index (χ4v) is 4.73. The number of anilines is 1. The van der Waals surface area contributed by atoms with E-state index in [-0.39, 0.29) is 12.0 Å². The first kappa shape index (κ1) is 18.8. The van der Waals surface area contributed by atoms with E-state index in [2.05, 4.69) is 20.0 Å². The van der Waals surface area contributed by atoms with Crippen molar-refractivity contribution >= 4 is 27.2 Å². The maximum atomic E-state index is 12.3. The van der Waals surface area contributed by atoms with Crippen molar-refractivity contribution in [2.24, 2.45) is 0 Å². The van der Waals surface area contributed by atoms with Crippen LogP contribution in [0.3, 0.4) is 0 Å². The molecule has 0 aromatic carbocycles. The summed E-state index contributed by atoms with van der Waals surface area (Å²) in [6.07, 6.45) is 1.71. The molecule has 2 heterocycles. The lowest BCUT2D eigenvalue weighted by Crippen LogP contribution is -2.29. The van der Waals surface area contributed by atoms with Crippen LogP contribution >= 0.6 is 11.3 Å². The molecule has 6 nitrogen and oxygen atoms in total. The van der Waals surface area contributed by atoms with Crippen molar-refractivity contribution < 1.29 is 8.42 Å². The largest absolute Gasteiger partial charge is 0.369 e. The molecule has 2 rings (SSSR count). The molecule has 0 aliphatic rings. The summed E-state index contributed by atoms with van der Waals surface area (Å²) in [4.78, 5) is 10.9. The zero-order chi connectivity index (χ0) is 18.0. The highest BCUT2D eigenvalue weighted by Crippen LogP contribution is 2.24. The van der Waals surface area contributed by atoms with Crippen molar-refractivity contribution in [2.45, 2.75) is 44.9 Å². The second kappa shape index (κ2) is 7.16. The molecule has 0 aliphatic carbocycles. The molecule has 2 aromatic rings. The van der Waals surface area contributed by atoms with Gasteiger partial charge in [0, 0.05) is 34.5 Å². The van der Waals surface area contributed by atoms with Gasteiger partial charge < -0.3 is 5.32 Å². The van der Waals surface area contributed by atoms with Gasteiger partial charge in [-0.3, -0.25) is 0 Å². The van der Waals surface area contributed by atoms with Crippen molar-refractivity contribution in [3.8, 4) is 0 Å². The molecule has 0 fully saturated rings. The van der Waals surface area contributed by atoms with Gasteiger partial charge in [0.1, 0.15) is 11.6 Å². The van der Waals surface area contributed by atoms with Crippen LogP contribution in [0.1, 0.15) is 36.3 Å². The summed E-state index contributed by atoms with van der Waals surface area (Å²) in [6.45, 7) is 10.6. The molecule has 0 atom stereocenters. The highest BCUT2D eigenvalue weighted by atomic mass is 32.2. The van der Waals surface area contributed by atoms with E-state index in [4.69, 9.17) is 0 Å². The van der Waals surface area contributed by atoms with Crippen LogP contribution in [0.5, 0.6) is 0 Å². The molecule has 0 amide bonds. The van der Waals surface area contributed by atoms with Gasteiger partial charge >= 0.3 is 0 Å². The summed E-state index contributed by atoms with van der Waals surface area (Å²) in [5, 5.41) is 3.13. The molecule has 24 heavy (non-hydrogen) atoms. The van der Waals surface area contributed by atoms with E-state index in [1.807, 2.05) is 34.6 Å². The number of hydrogen-bond acceptors (Lipinski definition) is 6. The van der Waals surface area contributed by atoms with E-state index in [9.17, 15) is 8.42 Å². The Bertz CT molecular complexity index is 808. The number of sulfonamides is 1. The number of nitrogens with one attached hydrogen (secondary N) is 2. The summed E-state index contributed by atoms with van der Waals surface area (Å²) in [6, 6.07) is 3.48. The molecule has 0 radical (unpaired) electrons. The maximum absolute atomic E-state index is 12.3. The first-order valence-corrected chi connectivity index (χ1v) is 10.0. The molecule has 0 saturated heterocycles. The summed E-state index contributed by atoms with van der Waals surface area (Å²) in [5.41, 5.74) is -0.131. The summed E-state index contributed by atoms with van der Waals surface area (Å²) >= 11 is 1.48. The lowest BCUT2D eigenvalue weighted by Gasteiger charge is -2.17. The third kappa shape index (κ3) is 4.75. The van der Waals surface area contributed by atoms with Crippen LogP contribution in [-0.4, -0.2) is 31.5 Å². The fourth-order valence-electron chi connectivity index (χ4n) is 2.15. The maximum Gasteiger partial charge on any atom is 0.241 e. The highest BCUT2D eigenvalue weighted by Gasteiger charge is 2.19. The molecule has 2 aromatic heterocycles. The van der Waals surface area contributed by atoms with Crippen LogP contribution in [0.15, 0.2) is 23.2 Å². The van der Waals surface area contributed by atoms with Crippen molar-refractivity contribution in [2.75, 3.05) is 18.4 Å². The fraction of sp³-hybridized carbons (Fsp3) is 0.500. The third-order valence-corrected chi connectivity index (χ3v) is 6.02. The van der Waals surface area contributed by atoms with E-state index in [0.717, 1.165) is 15.6 Å². The van der Waals surface area contributed by atoms with Gasteiger partial charge in [0.05, 0.1) is 4.90 Å². The Morgan fingerprint density at radius 3 is 2.50 bits per heavy atom. The van der Waals surface area contributed by atoms with Crippen LogP contribution in [0, 0.1) is 13.8 Å². The van der Waals surface area contributed by atoms with Gasteiger partial charge in [-0.15, -0.1) is 11.3 Å². The second-order valence-corrected chi connectivity index (χ2v) is 9.81. The molecular formula is C16H24N4O2S2. The SMILES string of the molecule is Cc1cc(S(=O)(=O)NCCNc2ccnc(C(C)(C)C)n2)c(C)s1. The number of aromatic nitrogens is 2. The van der Waals surface area contributed by atoms with Crippen LogP contribution in [0.2, 0.25) is 0 Å². The predicted octanol–water partition coefficient (Wildman–Crippen LogP) is 2.84. The minimum Gasteiger partial charge on any atom is -0.369 e. The Morgan fingerprint density at radius 1 is 1.21 bits per heavy atom. The van der Waals surface area contributed by atoms with Gasteiger partial charge in [-0.2, -0.15) is 0 Å². The lowest BCUT2D eigenvalue weighted by molar-refractivity contribution is 0.546. The number of aryl methyl sites for hydroxylation is 2. The Labute approximate surface area is 147 Å². The van der Waals surface area contributed by atoms with Crippen molar-refractivity contribution in [1.82, 2.24) is 14.7 Å². The number of hydrogen-bond donors (Lipinski definition) is 2. The summed E-state index contributed by atoms with van der Waals surface area (Å²) in [5.74, 6) is 1.44. The predicted molar refractivity (Wildman–Crippen MR) is 98.2 cm³/mol. The molecule has 132 valence electrons. The standard InChI is InChI=1S/C16H24N4O2S2/c1-11-10-13(12(2)23-11)24(21,22)19-9-8-17-14-6-7-18-15(20-14)16(3,4)5/h6-7,10,19H,8-9H2,1-5H3,(H,17,18,20). The van der Waals surface area contributed by atoms with E-state index in [1.54, 1.807) is 18.3 Å². The lowest BCUT2D eigenvalue weighted by atomic mass is 9.96. The van der Waals surface area contributed by atoms with Gasteiger partial charge in [0.15, 0.2) is 0 Å². The Morgan fingerprint density at radius 2 is 1.92 bits per heavy atom. The minimum absolute atomic E-state index is 0.131. The quantitative estimate of drug-likeness (QED) is 0.766. The third-order valence-electron chi connectivity index (χ3n) is 3.33. The second-order valence-electron chi connectivity index (χ2n) is 6.62. The number of thiophene rings is 1. The van der Waals surface area contributed by atoms with Crippen LogP contribution in [0.4, 0.5) is 5.82 Å². The first-order chi connectivity index (χ1) is 11.1. The molecule has 8 heteroatoms. The van der Waals surface area contributed by atoms with Crippen molar-refractivity contribution in [3.63, 3.8) is 0 Å². The number of rotatable bonds is 6. The molecule has 0 bridgehead atoms. The molecule has 0 aliphatic heterocycles. The summed E-state index contributed by atoms with van der Waals surface area (Å²) in [7, 11) is -3.47. The highest BCUT2D eigenvalue weighted by molar-refractivity contribution is 7.89. The smallest absolute Gasteiger partial charge is 0.241 e. The van der Waals surface area contributed by atoms with Gasteiger partial charge in [-0.05, 0) is 26.0 Å². The Balaban J connectivity index is 1.92. The molecule has 0 saturated carbocycles. The topological polar surface area (TPSA) is 84.0 Å². The zero-order valence-electron chi connectivity index (χ0n) is 14.7. The zero-order valence-corrected chi connectivity index (χ0v) is 16.3. The van der Waals surface area contributed by atoms with Crippen molar-refractivity contribution in [3.05, 3.63) is 33.9 Å². The molecule has 0 unspecified atom stereocenters. The monoisotopic (exact) mass is 368 g/mol. The summed E-state index contributed by atoms with van der Waals surface area (Å²) < 4.78 is 27.2. The van der Waals surface area contributed by atoms with Crippen LogP contribution < -0.4 is 10.0 Å². The number of nitrogens with zero attached hydrogens (tertiary/aromatic N) is 2. The molecule has 0 spiro atoms. The van der Waals surface area contributed by atoms with Gasteiger partial charge in [-0.25, -0.2) is 23.1 Å². The van der Waals surface area contributed by atoms with Gasteiger partial charge in [-0.1, -0.05) is 20.8 Å². The van der Waals surface area contributed by atoms with Gasteiger partial charge in [0.2, 0.25) is 10.0 Å². The average Bonchev–Trinajstić information content (AvgIpc) is 2.83. The van der Waals surface area contributed by atoms with E-state index < -0.39 is 10.0 Å². The van der Waals surface area contributed by atoms with Crippen LogP contribution in [0.25, 0.3) is 0 Å². The normalized spacial score (nSPS) is 12.4. The van der Waals surface area contributed by atoms with Crippen LogP contribution in [-0.2, 0) is 15.4 Å². The van der Waals surface area contributed by atoms with Crippen molar-refractivity contribution in [1.29, 1.82) is 0 Å². The first-order valence-electron chi connectivity index (χ1n) is 7.74. The van der Waals surface area contributed by atoms with E-state index >= 15 is 0 Å². The minimum atomic E-state index is -3.47. The Kier molecular flexibility index (Phi) is 5.62.